The standard InChI is InChI=1S/C16H16N2O3/c1-12(13-6-3-2-4-7-13)10-16(19)17-14-8-5-9-15(11-14)18(20)21/h2-9,11-12H,10H2,1H3,(H,17,19). The molecule has 0 radical (unpaired) electrons. The molecule has 1 N–H and O–H groups in total. The Morgan fingerprint density at radius 2 is 1.90 bits per heavy atom. The fourth-order valence-electron chi connectivity index (χ4n) is 2.09. The second-order valence-corrected chi connectivity index (χ2v) is 4.87. The van der Waals surface area contributed by atoms with Gasteiger partial charge >= 0.3 is 0 Å². The lowest BCUT2D eigenvalue weighted by Crippen LogP contribution is -2.14. The van der Waals surface area contributed by atoms with Crippen molar-refractivity contribution in [2.75, 3.05) is 5.32 Å². The van der Waals surface area contributed by atoms with Gasteiger partial charge in [0.15, 0.2) is 0 Å². The molecule has 1 atom stereocenters. The summed E-state index contributed by atoms with van der Waals surface area (Å²) in [5.74, 6) is -0.0725. The van der Waals surface area contributed by atoms with Crippen LogP contribution in [0.2, 0.25) is 0 Å². The zero-order valence-electron chi connectivity index (χ0n) is 11.7. The van der Waals surface area contributed by atoms with Gasteiger partial charge in [0.1, 0.15) is 0 Å². The van der Waals surface area contributed by atoms with Gasteiger partial charge < -0.3 is 5.32 Å². The SMILES string of the molecule is CC(CC(=O)Nc1cccc([N+](=O)[O-])c1)c1ccccc1. The third kappa shape index (κ3) is 4.14. The van der Waals surface area contributed by atoms with Gasteiger partial charge in [-0.05, 0) is 17.5 Å². The van der Waals surface area contributed by atoms with Crippen LogP contribution in [0, 0.1) is 10.1 Å². The molecule has 108 valence electrons. The van der Waals surface area contributed by atoms with E-state index in [0.29, 0.717) is 12.1 Å². The molecule has 0 heterocycles. The molecule has 5 heteroatoms. The highest BCUT2D eigenvalue weighted by molar-refractivity contribution is 5.91. The van der Waals surface area contributed by atoms with Gasteiger partial charge in [-0.15, -0.1) is 0 Å². The van der Waals surface area contributed by atoms with Crippen molar-refractivity contribution in [3.8, 4) is 0 Å². The number of nitro benzene ring substituents is 1. The number of carbonyl (C=O) groups excluding carboxylic acids is 1. The number of nitrogens with one attached hydrogen (secondary N) is 1. The summed E-state index contributed by atoms with van der Waals surface area (Å²) in [6.45, 7) is 1.97. The molecule has 0 aliphatic heterocycles. The molecule has 1 amide bonds. The summed E-state index contributed by atoms with van der Waals surface area (Å²) in [5, 5.41) is 13.4. The summed E-state index contributed by atoms with van der Waals surface area (Å²) in [5.41, 5.74) is 1.49. The Kier molecular flexibility index (Phi) is 4.66. The number of nitrogens with zero attached hydrogens (tertiary/aromatic N) is 1. The van der Waals surface area contributed by atoms with Crippen LogP contribution in [0.3, 0.4) is 0 Å². The minimum absolute atomic E-state index is 0.0380. The van der Waals surface area contributed by atoms with E-state index < -0.39 is 4.92 Å². The molecule has 0 saturated heterocycles. The van der Waals surface area contributed by atoms with E-state index in [2.05, 4.69) is 5.32 Å². The quantitative estimate of drug-likeness (QED) is 0.671. The van der Waals surface area contributed by atoms with E-state index in [1.807, 2.05) is 37.3 Å². The monoisotopic (exact) mass is 284 g/mol. The molecule has 1 unspecified atom stereocenters. The van der Waals surface area contributed by atoms with Crippen molar-refractivity contribution >= 4 is 17.3 Å². The lowest BCUT2D eigenvalue weighted by molar-refractivity contribution is -0.384. The molecule has 0 fully saturated rings. The maximum atomic E-state index is 12.0. The van der Waals surface area contributed by atoms with Crippen LogP contribution in [-0.4, -0.2) is 10.8 Å². The van der Waals surface area contributed by atoms with Crippen LogP contribution in [0.5, 0.6) is 0 Å². The van der Waals surface area contributed by atoms with Crippen molar-refractivity contribution < 1.29 is 9.72 Å². The summed E-state index contributed by atoms with van der Waals surface area (Å²) in [4.78, 5) is 22.2. The zero-order valence-corrected chi connectivity index (χ0v) is 11.7. The van der Waals surface area contributed by atoms with Gasteiger partial charge in [0.25, 0.3) is 5.69 Å². The molecule has 0 spiro atoms. The Morgan fingerprint density at radius 3 is 2.57 bits per heavy atom. The van der Waals surface area contributed by atoms with E-state index in [4.69, 9.17) is 0 Å². The van der Waals surface area contributed by atoms with Crippen molar-refractivity contribution in [2.45, 2.75) is 19.3 Å². The normalized spacial score (nSPS) is 11.7. The summed E-state index contributed by atoms with van der Waals surface area (Å²) in [7, 11) is 0. The van der Waals surface area contributed by atoms with Crippen LogP contribution in [0.1, 0.15) is 24.8 Å². The molecule has 2 aromatic carbocycles. The zero-order chi connectivity index (χ0) is 15.2. The van der Waals surface area contributed by atoms with Gasteiger partial charge in [0.05, 0.1) is 4.92 Å². The third-order valence-electron chi connectivity index (χ3n) is 3.20. The Morgan fingerprint density at radius 1 is 1.19 bits per heavy atom. The van der Waals surface area contributed by atoms with Crippen LogP contribution in [0.25, 0.3) is 0 Å². The highest BCUT2D eigenvalue weighted by Crippen LogP contribution is 2.21. The lowest BCUT2D eigenvalue weighted by Gasteiger charge is -2.12. The fraction of sp³-hybridized carbons (Fsp3) is 0.188. The lowest BCUT2D eigenvalue weighted by atomic mass is 9.97. The van der Waals surface area contributed by atoms with Crippen molar-refractivity contribution in [3.05, 3.63) is 70.3 Å². The maximum Gasteiger partial charge on any atom is 0.271 e. The van der Waals surface area contributed by atoms with Crippen molar-refractivity contribution in [3.63, 3.8) is 0 Å². The second-order valence-electron chi connectivity index (χ2n) is 4.87. The van der Waals surface area contributed by atoms with E-state index in [9.17, 15) is 14.9 Å². The van der Waals surface area contributed by atoms with E-state index in [1.165, 1.54) is 12.1 Å². The average molecular weight is 284 g/mol. The molecule has 0 aromatic heterocycles. The second kappa shape index (κ2) is 6.65. The highest BCUT2D eigenvalue weighted by Gasteiger charge is 2.12. The van der Waals surface area contributed by atoms with Gasteiger partial charge in [-0.1, -0.05) is 43.3 Å². The molecular weight excluding hydrogens is 268 g/mol. The summed E-state index contributed by atoms with van der Waals surface area (Å²) < 4.78 is 0. The smallest absolute Gasteiger partial charge is 0.271 e. The number of rotatable bonds is 5. The maximum absolute atomic E-state index is 12.0. The summed E-state index contributed by atoms with van der Waals surface area (Å²) >= 11 is 0. The van der Waals surface area contributed by atoms with Crippen LogP contribution < -0.4 is 5.32 Å². The van der Waals surface area contributed by atoms with Crippen LogP contribution in [-0.2, 0) is 4.79 Å². The molecule has 0 saturated carbocycles. The summed E-state index contributed by atoms with van der Waals surface area (Å²) in [6, 6.07) is 15.7. The van der Waals surface area contributed by atoms with Gasteiger partial charge in [-0.2, -0.15) is 0 Å². The third-order valence-corrected chi connectivity index (χ3v) is 3.20. The topological polar surface area (TPSA) is 72.2 Å². The van der Waals surface area contributed by atoms with Gasteiger partial charge in [-0.3, -0.25) is 14.9 Å². The Balaban J connectivity index is 1.99. The molecule has 2 rings (SSSR count). The number of hydrogen-bond acceptors (Lipinski definition) is 3. The minimum Gasteiger partial charge on any atom is -0.326 e. The van der Waals surface area contributed by atoms with E-state index in [1.54, 1.807) is 12.1 Å². The van der Waals surface area contributed by atoms with E-state index in [-0.39, 0.29) is 17.5 Å². The van der Waals surface area contributed by atoms with Crippen LogP contribution in [0.4, 0.5) is 11.4 Å². The first-order valence-corrected chi connectivity index (χ1v) is 6.65. The first-order valence-electron chi connectivity index (χ1n) is 6.65. The predicted molar refractivity (Wildman–Crippen MR) is 81.2 cm³/mol. The molecule has 5 nitrogen and oxygen atoms in total. The number of amides is 1. The minimum atomic E-state index is -0.484. The number of hydrogen-bond donors (Lipinski definition) is 1. The van der Waals surface area contributed by atoms with Crippen LogP contribution in [0.15, 0.2) is 54.6 Å². The predicted octanol–water partition coefficient (Wildman–Crippen LogP) is 3.73. The fourth-order valence-corrected chi connectivity index (χ4v) is 2.09. The number of benzene rings is 2. The number of nitro groups is 1. The van der Waals surface area contributed by atoms with E-state index >= 15 is 0 Å². The van der Waals surface area contributed by atoms with Crippen molar-refractivity contribution in [1.29, 1.82) is 0 Å². The van der Waals surface area contributed by atoms with E-state index in [0.717, 1.165) is 5.56 Å². The Bertz CT molecular complexity index is 641. The largest absolute Gasteiger partial charge is 0.326 e. The molecule has 0 bridgehead atoms. The Hall–Kier alpha value is -2.69. The average Bonchev–Trinajstić information content (AvgIpc) is 2.48. The molecular formula is C16H16N2O3. The number of carbonyl (C=O) groups is 1. The first-order chi connectivity index (χ1) is 10.1. The molecule has 0 aliphatic carbocycles. The highest BCUT2D eigenvalue weighted by atomic mass is 16.6. The number of non-ortho nitro benzene ring substituents is 1. The van der Waals surface area contributed by atoms with Gasteiger partial charge in [0.2, 0.25) is 5.91 Å². The molecule has 2 aromatic rings. The van der Waals surface area contributed by atoms with Crippen molar-refractivity contribution in [1.82, 2.24) is 0 Å². The van der Waals surface area contributed by atoms with Crippen molar-refractivity contribution in [2.24, 2.45) is 0 Å². The summed E-state index contributed by atoms with van der Waals surface area (Å²) in [6.07, 6.45) is 0.326. The van der Waals surface area contributed by atoms with Gasteiger partial charge in [-0.25, -0.2) is 0 Å². The Labute approximate surface area is 122 Å². The van der Waals surface area contributed by atoms with Crippen LogP contribution >= 0.6 is 0 Å². The molecule has 0 aliphatic rings. The number of anilines is 1. The molecule has 21 heavy (non-hydrogen) atoms. The van der Waals surface area contributed by atoms with Gasteiger partial charge in [0, 0.05) is 24.2 Å². The first kappa shape index (κ1) is 14.7.